The molecule has 4 rings (SSSR count). The molecule has 1 aromatic heterocycles. The maximum atomic E-state index is 12.9. The molecule has 0 spiro atoms. The Morgan fingerprint density at radius 3 is 2.45 bits per heavy atom. The van der Waals surface area contributed by atoms with Crippen LogP contribution in [0, 0.1) is 0 Å². The van der Waals surface area contributed by atoms with E-state index in [-0.39, 0.29) is 26.7 Å². The summed E-state index contributed by atoms with van der Waals surface area (Å²) in [6.45, 7) is 1.63. The highest BCUT2D eigenvalue weighted by atomic mass is 35.5. The van der Waals surface area contributed by atoms with Gasteiger partial charge in [0, 0.05) is 5.56 Å². The van der Waals surface area contributed by atoms with E-state index in [2.05, 4.69) is 5.10 Å². The fourth-order valence-electron chi connectivity index (χ4n) is 3.19. The number of amides is 1. The monoisotopic (exact) mass is 486 g/mol. The minimum atomic E-state index is -4.30. The second-order valence-corrected chi connectivity index (χ2v) is 8.86. The van der Waals surface area contributed by atoms with E-state index in [1.165, 1.54) is 48.5 Å². The van der Waals surface area contributed by atoms with Crippen molar-refractivity contribution in [2.45, 2.75) is 11.8 Å². The highest BCUT2D eigenvalue weighted by Gasteiger charge is 2.30. The molecule has 2 aromatic carbocycles. The predicted octanol–water partition coefficient (Wildman–Crippen LogP) is 4.35. The number of rotatable bonds is 5. The SMILES string of the molecule is CC1=NN(c2ccc(Cl)c(C(=O)O)c2)C(=O)/C1=C\c1ccc(-c2ccc(S(=O)(=O)O)cc2)o1. The van der Waals surface area contributed by atoms with E-state index in [1.54, 1.807) is 19.1 Å². The predicted molar refractivity (Wildman–Crippen MR) is 121 cm³/mol. The van der Waals surface area contributed by atoms with Gasteiger partial charge < -0.3 is 9.52 Å². The van der Waals surface area contributed by atoms with Gasteiger partial charge in [-0.25, -0.2) is 4.79 Å². The lowest BCUT2D eigenvalue weighted by Crippen LogP contribution is -2.21. The average molecular weight is 487 g/mol. The summed E-state index contributed by atoms with van der Waals surface area (Å²) in [5.74, 6) is -0.922. The lowest BCUT2D eigenvalue weighted by Gasteiger charge is -2.12. The molecule has 1 amide bonds. The number of carboxylic acids is 1. The Labute approximate surface area is 193 Å². The van der Waals surface area contributed by atoms with Gasteiger partial charge in [0.25, 0.3) is 16.0 Å². The Hall–Kier alpha value is -3.73. The van der Waals surface area contributed by atoms with Crippen molar-refractivity contribution in [2.24, 2.45) is 5.10 Å². The van der Waals surface area contributed by atoms with E-state index in [9.17, 15) is 23.1 Å². The van der Waals surface area contributed by atoms with Crippen LogP contribution < -0.4 is 5.01 Å². The Bertz CT molecular complexity index is 1450. The van der Waals surface area contributed by atoms with Gasteiger partial charge in [-0.05, 0) is 67.6 Å². The van der Waals surface area contributed by atoms with E-state index in [0.29, 0.717) is 22.8 Å². The third-order valence-corrected chi connectivity index (χ3v) is 6.04. The third kappa shape index (κ3) is 4.44. The molecule has 0 saturated carbocycles. The third-order valence-electron chi connectivity index (χ3n) is 4.84. The summed E-state index contributed by atoms with van der Waals surface area (Å²) in [7, 11) is -4.30. The van der Waals surface area contributed by atoms with Gasteiger partial charge >= 0.3 is 5.97 Å². The van der Waals surface area contributed by atoms with Crippen molar-refractivity contribution in [2.75, 3.05) is 5.01 Å². The molecule has 0 radical (unpaired) electrons. The molecular formula is C22H15ClN2O7S. The second-order valence-electron chi connectivity index (χ2n) is 7.03. The lowest BCUT2D eigenvalue weighted by atomic mass is 10.1. The van der Waals surface area contributed by atoms with Gasteiger partial charge in [-0.2, -0.15) is 18.5 Å². The number of aromatic carboxylic acids is 1. The summed E-state index contributed by atoms with van der Waals surface area (Å²) in [4.78, 5) is 24.0. The Kier molecular flexibility index (Phi) is 5.66. The topological polar surface area (TPSA) is 137 Å². The van der Waals surface area contributed by atoms with Gasteiger partial charge in [-0.3, -0.25) is 9.35 Å². The number of hydrogen-bond donors (Lipinski definition) is 2. The van der Waals surface area contributed by atoms with Crippen LogP contribution in [0.5, 0.6) is 0 Å². The standard InChI is InChI=1S/C22H15ClN2O7S/c1-12-17(21(26)25(24-12)14-4-8-19(23)18(10-14)22(27)28)11-15-5-9-20(32-15)13-2-6-16(7-3-13)33(29,30)31/h2-11H,1H3,(H,27,28)(H,29,30,31)/b17-11-. The zero-order valence-corrected chi connectivity index (χ0v) is 18.5. The van der Waals surface area contributed by atoms with E-state index in [0.717, 1.165) is 5.01 Å². The number of carboxylic acid groups (broad SMARTS) is 1. The number of carbonyl (C=O) groups excluding carboxylic acids is 1. The molecule has 1 aliphatic rings. The molecule has 0 aliphatic carbocycles. The number of benzene rings is 2. The summed E-state index contributed by atoms with van der Waals surface area (Å²) >= 11 is 5.90. The fourth-order valence-corrected chi connectivity index (χ4v) is 3.87. The molecule has 3 aromatic rings. The van der Waals surface area contributed by atoms with Crippen molar-refractivity contribution < 1.29 is 32.1 Å². The Balaban J connectivity index is 1.60. The van der Waals surface area contributed by atoms with Crippen molar-refractivity contribution >= 4 is 51.1 Å². The van der Waals surface area contributed by atoms with Gasteiger partial charge in [0.15, 0.2) is 0 Å². The van der Waals surface area contributed by atoms with Crippen LogP contribution in [0.1, 0.15) is 23.0 Å². The molecule has 0 fully saturated rings. The zero-order chi connectivity index (χ0) is 23.9. The molecule has 0 bridgehead atoms. The molecule has 33 heavy (non-hydrogen) atoms. The molecule has 0 atom stereocenters. The van der Waals surface area contributed by atoms with Gasteiger partial charge in [-0.15, -0.1) is 0 Å². The number of hydrazone groups is 1. The van der Waals surface area contributed by atoms with E-state index in [4.69, 9.17) is 20.6 Å². The van der Waals surface area contributed by atoms with Crippen LogP contribution in [-0.4, -0.2) is 35.7 Å². The van der Waals surface area contributed by atoms with Crippen molar-refractivity contribution in [1.82, 2.24) is 0 Å². The van der Waals surface area contributed by atoms with E-state index >= 15 is 0 Å². The minimum Gasteiger partial charge on any atom is -0.478 e. The van der Waals surface area contributed by atoms with Crippen LogP contribution in [0.15, 0.2) is 74.6 Å². The van der Waals surface area contributed by atoms with Crippen molar-refractivity contribution in [1.29, 1.82) is 0 Å². The number of carbonyl (C=O) groups is 2. The summed E-state index contributed by atoms with van der Waals surface area (Å²) in [6.07, 6.45) is 1.51. The van der Waals surface area contributed by atoms with Crippen LogP contribution in [0.4, 0.5) is 5.69 Å². The average Bonchev–Trinajstić information content (AvgIpc) is 3.34. The van der Waals surface area contributed by atoms with Gasteiger partial charge in [0.2, 0.25) is 0 Å². The van der Waals surface area contributed by atoms with Crippen molar-refractivity contribution in [3.05, 3.63) is 76.5 Å². The van der Waals surface area contributed by atoms with E-state index in [1.807, 2.05) is 0 Å². The number of furan rings is 1. The first-order valence-electron chi connectivity index (χ1n) is 9.37. The largest absolute Gasteiger partial charge is 0.478 e. The van der Waals surface area contributed by atoms with Gasteiger partial charge in [-0.1, -0.05) is 11.6 Å². The van der Waals surface area contributed by atoms with Crippen LogP contribution in [-0.2, 0) is 14.9 Å². The maximum Gasteiger partial charge on any atom is 0.337 e. The highest BCUT2D eigenvalue weighted by molar-refractivity contribution is 7.85. The van der Waals surface area contributed by atoms with Crippen LogP contribution in [0.3, 0.4) is 0 Å². The molecule has 0 unspecified atom stereocenters. The minimum absolute atomic E-state index is 0.0436. The molecular weight excluding hydrogens is 472 g/mol. The molecule has 9 nitrogen and oxygen atoms in total. The molecule has 0 saturated heterocycles. The summed E-state index contributed by atoms with van der Waals surface area (Å²) in [5.41, 5.74) is 1.33. The molecule has 2 N–H and O–H groups in total. The van der Waals surface area contributed by atoms with Gasteiger partial charge in [0.05, 0.1) is 32.5 Å². The van der Waals surface area contributed by atoms with Crippen molar-refractivity contribution in [3.8, 4) is 11.3 Å². The molecule has 2 heterocycles. The molecule has 11 heteroatoms. The van der Waals surface area contributed by atoms with Crippen LogP contribution in [0.2, 0.25) is 5.02 Å². The summed E-state index contributed by atoms with van der Waals surface area (Å²) in [5, 5.41) is 14.6. The van der Waals surface area contributed by atoms with Crippen molar-refractivity contribution in [3.63, 3.8) is 0 Å². The first-order valence-corrected chi connectivity index (χ1v) is 11.2. The summed E-state index contributed by atoms with van der Waals surface area (Å²) in [6, 6.07) is 12.9. The first-order chi connectivity index (χ1) is 15.5. The molecule has 168 valence electrons. The maximum absolute atomic E-state index is 12.9. The number of nitrogens with zero attached hydrogens (tertiary/aromatic N) is 2. The quantitative estimate of drug-likeness (QED) is 0.404. The number of anilines is 1. The summed E-state index contributed by atoms with van der Waals surface area (Å²) < 4.78 is 37.2. The normalized spacial score (nSPS) is 15.2. The smallest absolute Gasteiger partial charge is 0.337 e. The lowest BCUT2D eigenvalue weighted by molar-refractivity contribution is -0.114. The number of hydrogen-bond acceptors (Lipinski definition) is 6. The van der Waals surface area contributed by atoms with Crippen LogP contribution in [0.25, 0.3) is 17.4 Å². The van der Waals surface area contributed by atoms with Crippen LogP contribution >= 0.6 is 11.6 Å². The second kappa shape index (κ2) is 8.32. The fraction of sp³-hybridized carbons (Fsp3) is 0.0455. The Morgan fingerprint density at radius 2 is 1.82 bits per heavy atom. The first kappa shape index (κ1) is 22.5. The Morgan fingerprint density at radius 1 is 1.12 bits per heavy atom. The molecule has 1 aliphatic heterocycles. The zero-order valence-electron chi connectivity index (χ0n) is 16.9. The highest BCUT2D eigenvalue weighted by Crippen LogP contribution is 2.30. The number of halogens is 1. The van der Waals surface area contributed by atoms with E-state index < -0.39 is 22.0 Å². The van der Waals surface area contributed by atoms with Gasteiger partial charge in [0.1, 0.15) is 11.5 Å².